The molecular formula is C16H18FN3O3S. The van der Waals surface area contributed by atoms with Crippen molar-refractivity contribution >= 4 is 15.9 Å². The number of aromatic nitrogens is 1. The van der Waals surface area contributed by atoms with Gasteiger partial charge in [0.15, 0.2) is 0 Å². The van der Waals surface area contributed by atoms with Gasteiger partial charge in [-0.25, -0.2) is 17.7 Å². The Morgan fingerprint density at radius 2 is 1.83 bits per heavy atom. The van der Waals surface area contributed by atoms with E-state index in [-0.39, 0.29) is 16.5 Å². The Morgan fingerprint density at radius 1 is 1.21 bits per heavy atom. The first-order valence-corrected chi connectivity index (χ1v) is 8.60. The first kappa shape index (κ1) is 18.0. The first-order valence-electron chi connectivity index (χ1n) is 7.16. The zero-order chi connectivity index (χ0) is 17.9. The van der Waals surface area contributed by atoms with Crippen LogP contribution in [0.1, 0.15) is 28.9 Å². The summed E-state index contributed by atoms with van der Waals surface area (Å²) in [6.45, 7) is 1.75. The number of hydrogen-bond donors (Lipinski definition) is 1. The molecule has 1 atom stereocenters. The molecule has 1 aromatic carbocycles. The molecule has 0 spiro atoms. The topological polar surface area (TPSA) is 79.4 Å². The highest BCUT2D eigenvalue weighted by atomic mass is 32.2. The lowest BCUT2D eigenvalue weighted by atomic mass is 10.1. The van der Waals surface area contributed by atoms with Crippen molar-refractivity contribution in [2.75, 3.05) is 14.1 Å². The van der Waals surface area contributed by atoms with Crippen LogP contribution in [0.25, 0.3) is 0 Å². The smallest absolute Gasteiger partial charge is 0.251 e. The van der Waals surface area contributed by atoms with E-state index in [0.717, 1.165) is 15.9 Å². The molecule has 1 amide bonds. The third-order valence-electron chi connectivity index (χ3n) is 3.50. The third-order valence-corrected chi connectivity index (χ3v) is 5.32. The quantitative estimate of drug-likeness (QED) is 0.835. The minimum Gasteiger partial charge on any atom is -0.346 e. The van der Waals surface area contributed by atoms with E-state index in [9.17, 15) is 17.6 Å². The molecule has 1 heterocycles. The summed E-state index contributed by atoms with van der Waals surface area (Å²) in [7, 11) is -0.576. The van der Waals surface area contributed by atoms with Gasteiger partial charge in [0.25, 0.3) is 5.91 Å². The van der Waals surface area contributed by atoms with E-state index in [2.05, 4.69) is 10.3 Å². The highest BCUT2D eigenvalue weighted by molar-refractivity contribution is 7.89. The molecule has 128 valence electrons. The molecule has 0 aliphatic rings. The van der Waals surface area contributed by atoms with Crippen molar-refractivity contribution in [2.24, 2.45) is 0 Å². The maximum atomic E-state index is 13.1. The van der Waals surface area contributed by atoms with Crippen LogP contribution in [0, 0.1) is 5.95 Å². The fourth-order valence-electron chi connectivity index (χ4n) is 2.05. The number of benzene rings is 1. The summed E-state index contributed by atoms with van der Waals surface area (Å²) >= 11 is 0. The summed E-state index contributed by atoms with van der Waals surface area (Å²) in [6, 6.07) is 8.33. The third kappa shape index (κ3) is 3.95. The average Bonchev–Trinajstić information content (AvgIpc) is 2.54. The van der Waals surface area contributed by atoms with Crippen LogP contribution in [0.15, 0.2) is 47.5 Å². The molecule has 0 saturated carbocycles. The lowest BCUT2D eigenvalue weighted by molar-refractivity contribution is 0.0939. The predicted molar refractivity (Wildman–Crippen MR) is 87.4 cm³/mol. The van der Waals surface area contributed by atoms with Crippen LogP contribution < -0.4 is 5.32 Å². The van der Waals surface area contributed by atoms with Gasteiger partial charge in [0, 0.05) is 31.9 Å². The van der Waals surface area contributed by atoms with Crippen LogP contribution in [0.2, 0.25) is 0 Å². The highest BCUT2D eigenvalue weighted by Gasteiger charge is 2.18. The fraction of sp³-hybridized carbons (Fsp3) is 0.250. The van der Waals surface area contributed by atoms with Crippen LogP contribution in [-0.2, 0) is 10.0 Å². The Balaban J connectivity index is 2.13. The van der Waals surface area contributed by atoms with Gasteiger partial charge in [0.1, 0.15) is 0 Å². The van der Waals surface area contributed by atoms with E-state index in [0.29, 0.717) is 0 Å². The summed E-state index contributed by atoms with van der Waals surface area (Å²) in [5.74, 6) is -1.16. The van der Waals surface area contributed by atoms with Crippen LogP contribution in [0.5, 0.6) is 0 Å². The summed E-state index contributed by atoms with van der Waals surface area (Å²) in [5.41, 5.74) is 0.900. The monoisotopic (exact) mass is 351 g/mol. The number of carbonyl (C=O) groups excluding carboxylic acids is 1. The standard InChI is InChI=1S/C16H18FN3O3S/c1-11(19-16(21)13-8-9-18-15(17)10-13)12-4-6-14(7-5-12)24(22,23)20(2)3/h4-11H,1-3H3,(H,19,21). The minimum atomic E-state index is -3.49. The largest absolute Gasteiger partial charge is 0.346 e. The van der Waals surface area contributed by atoms with E-state index < -0.39 is 21.9 Å². The molecule has 1 unspecified atom stereocenters. The molecule has 0 fully saturated rings. The van der Waals surface area contributed by atoms with Gasteiger partial charge in [-0.05, 0) is 30.7 Å². The Labute approximate surface area is 140 Å². The van der Waals surface area contributed by atoms with Crippen LogP contribution in [0.3, 0.4) is 0 Å². The molecule has 0 saturated heterocycles. The number of carbonyl (C=O) groups is 1. The van der Waals surface area contributed by atoms with Crippen molar-refractivity contribution in [1.82, 2.24) is 14.6 Å². The normalized spacial score (nSPS) is 12.9. The number of amides is 1. The van der Waals surface area contributed by atoms with Crippen LogP contribution in [-0.4, -0.2) is 37.7 Å². The zero-order valence-corrected chi connectivity index (χ0v) is 14.3. The van der Waals surface area contributed by atoms with E-state index in [1.165, 1.54) is 38.5 Å². The minimum absolute atomic E-state index is 0.168. The SMILES string of the molecule is CC(NC(=O)c1ccnc(F)c1)c1ccc(S(=O)(=O)N(C)C)cc1. The van der Waals surface area contributed by atoms with Crippen molar-refractivity contribution in [2.45, 2.75) is 17.9 Å². The van der Waals surface area contributed by atoms with E-state index in [4.69, 9.17) is 0 Å². The molecule has 0 bridgehead atoms. The second kappa shape index (κ2) is 7.06. The van der Waals surface area contributed by atoms with Crippen molar-refractivity contribution in [3.8, 4) is 0 Å². The molecule has 1 aromatic heterocycles. The Kier molecular flexibility index (Phi) is 5.30. The van der Waals surface area contributed by atoms with Gasteiger partial charge >= 0.3 is 0 Å². The average molecular weight is 351 g/mol. The van der Waals surface area contributed by atoms with Crippen molar-refractivity contribution < 1.29 is 17.6 Å². The Bertz CT molecular complexity index is 836. The van der Waals surface area contributed by atoms with Gasteiger partial charge in [0.2, 0.25) is 16.0 Å². The molecule has 0 aliphatic heterocycles. The van der Waals surface area contributed by atoms with Crippen LogP contribution in [0.4, 0.5) is 4.39 Å². The summed E-state index contributed by atoms with van der Waals surface area (Å²) < 4.78 is 38.2. The predicted octanol–water partition coefficient (Wildman–Crippen LogP) is 1.96. The summed E-state index contributed by atoms with van der Waals surface area (Å²) in [4.78, 5) is 15.7. The van der Waals surface area contributed by atoms with Gasteiger partial charge in [-0.1, -0.05) is 12.1 Å². The van der Waals surface area contributed by atoms with E-state index >= 15 is 0 Å². The van der Waals surface area contributed by atoms with Gasteiger partial charge in [-0.3, -0.25) is 4.79 Å². The number of halogens is 1. The lowest BCUT2D eigenvalue weighted by Crippen LogP contribution is -2.27. The number of nitrogens with zero attached hydrogens (tertiary/aromatic N) is 2. The molecule has 6 nitrogen and oxygen atoms in total. The number of pyridine rings is 1. The number of hydrogen-bond acceptors (Lipinski definition) is 4. The molecule has 2 aromatic rings. The number of nitrogens with one attached hydrogen (secondary N) is 1. The number of sulfonamides is 1. The summed E-state index contributed by atoms with van der Waals surface area (Å²) in [5, 5.41) is 2.73. The van der Waals surface area contributed by atoms with Crippen molar-refractivity contribution in [3.05, 3.63) is 59.7 Å². The van der Waals surface area contributed by atoms with Crippen molar-refractivity contribution in [3.63, 3.8) is 0 Å². The second-order valence-corrected chi connectivity index (χ2v) is 7.57. The van der Waals surface area contributed by atoms with E-state index in [1.54, 1.807) is 19.1 Å². The molecule has 8 heteroatoms. The fourth-order valence-corrected chi connectivity index (χ4v) is 2.95. The molecule has 2 rings (SSSR count). The maximum Gasteiger partial charge on any atom is 0.251 e. The van der Waals surface area contributed by atoms with E-state index in [1.807, 2.05) is 0 Å². The Morgan fingerprint density at radius 3 is 2.38 bits per heavy atom. The van der Waals surface area contributed by atoms with Gasteiger partial charge in [-0.15, -0.1) is 0 Å². The first-order chi connectivity index (χ1) is 11.2. The summed E-state index contributed by atoms with van der Waals surface area (Å²) in [6.07, 6.45) is 1.22. The molecular weight excluding hydrogens is 333 g/mol. The zero-order valence-electron chi connectivity index (χ0n) is 13.5. The highest BCUT2D eigenvalue weighted by Crippen LogP contribution is 2.18. The maximum absolute atomic E-state index is 13.1. The Hall–Kier alpha value is -2.32. The molecule has 0 aliphatic carbocycles. The molecule has 0 radical (unpaired) electrons. The van der Waals surface area contributed by atoms with Gasteiger partial charge in [-0.2, -0.15) is 4.39 Å². The van der Waals surface area contributed by atoms with Gasteiger partial charge < -0.3 is 5.32 Å². The van der Waals surface area contributed by atoms with Crippen molar-refractivity contribution in [1.29, 1.82) is 0 Å². The number of rotatable bonds is 5. The molecule has 24 heavy (non-hydrogen) atoms. The lowest BCUT2D eigenvalue weighted by Gasteiger charge is -2.16. The van der Waals surface area contributed by atoms with Gasteiger partial charge in [0.05, 0.1) is 10.9 Å². The molecule has 1 N–H and O–H groups in total. The second-order valence-electron chi connectivity index (χ2n) is 5.42. The van der Waals surface area contributed by atoms with Crippen LogP contribution >= 0.6 is 0 Å².